The van der Waals surface area contributed by atoms with Crippen molar-refractivity contribution in [1.29, 1.82) is 0 Å². The molecule has 2 N–H and O–H groups in total. The van der Waals surface area contributed by atoms with Crippen molar-refractivity contribution in [2.24, 2.45) is 11.8 Å². The van der Waals surface area contributed by atoms with Gasteiger partial charge in [-0.15, -0.1) is 0 Å². The summed E-state index contributed by atoms with van der Waals surface area (Å²) >= 11 is 0. The molecule has 0 radical (unpaired) electrons. The molecule has 0 saturated heterocycles. The van der Waals surface area contributed by atoms with E-state index < -0.39 is 10.0 Å². The normalized spacial score (nSPS) is 11.8. The maximum atomic E-state index is 12.1. The number of hydrogen-bond donors (Lipinski definition) is 2. The molecule has 0 fully saturated rings. The molecule has 1 amide bonds. The topological polar surface area (TPSA) is 84.5 Å². The molecular formula is C17H28N2O4S. The maximum absolute atomic E-state index is 12.1. The fourth-order valence-electron chi connectivity index (χ4n) is 1.77. The standard InChI is InChI=1S/C17H28N2O4S/c1-13(2)9-10-18-17(20)12-23-15-5-7-16(8-6-15)24(21,22)19-11-14(3)4/h5-8,13-14,19H,9-12H2,1-4H3,(H,18,20). The van der Waals surface area contributed by atoms with Gasteiger partial charge in [-0.2, -0.15) is 0 Å². The van der Waals surface area contributed by atoms with Crippen molar-refractivity contribution in [2.75, 3.05) is 19.7 Å². The summed E-state index contributed by atoms with van der Waals surface area (Å²) in [6.45, 7) is 8.98. The van der Waals surface area contributed by atoms with Crippen LogP contribution in [0, 0.1) is 11.8 Å². The SMILES string of the molecule is CC(C)CCNC(=O)COc1ccc(S(=O)(=O)NCC(C)C)cc1. The van der Waals surface area contributed by atoms with Crippen LogP contribution in [0.25, 0.3) is 0 Å². The Hall–Kier alpha value is -1.60. The Morgan fingerprint density at radius 3 is 2.25 bits per heavy atom. The quantitative estimate of drug-likeness (QED) is 0.673. The Morgan fingerprint density at radius 2 is 1.71 bits per heavy atom. The number of nitrogens with one attached hydrogen (secondary N) is 2. The molecule has 1 rings (SSSR count). The summed E-state index contributed by atoms with van der Waals surface area (Å²) in [7, 11) is -3.51. The van der Waals surface area contributed by atoms with Gasteiger partial charge in [0.15, 0.2) is 6.61 Å². The summed E-state index contributed by atoms with van der Waals surface area (Å²) in [5.74, 6) is 1.03. The third-order valence-corrected chi connectivity index (χ3v) is 4.67. The van der Waals surface area contributed by atoms with Gasteiger partial charge in [0.05, 0.1) is 4.90 Å². The van der Waals surface area contributed by atoms with Crippen molar-refractivity contribution < 1.29 is 17.9 Å². The fourth-order valence-corrected chi connectivity index (χ4v) is 2.99. The van der Waals surface area contributed by atoms with Gasteiger partial charge in [-0.1, -0.05) is 27.7 Å². The summed E-state index contributed by atoms with van der Waals surface area (Å²) in [5.41, 5.74) is 0. The first-order valence-corrected chi connectivity index (χ1v) is 9.68. The summed E-state index contributed by atoms with van der Waals surface area (Å²) in [6.07, 6.45) is 0.918. The predicted octanol–water partition coefficient (Wildman–Crippen LogP) is 2.16. The zero-order valence-corrected chi connectivity index (χ0v) is 15.7. The van der Waals surface area contributed by atoms with Gasteiger partial charge in [-0.25, -0.2) is 13.1 Å². The van der Waals surface area contributed by atoms with E-state index in [0.29, 0.717) is 24.8 Å². The van der Waals surface area contributed by atoms with Gasteiger partial charge in [-0.3, -0.25) is 4.79 Å². The highest BCUT2D eigenvalue weighted by atomic mass is 32.2. The minimum atomic E-state index is -3.51. The van der Waals surface area contributed by atoms with Crippen LogP contribution in [0.2, 0.25) is 0 Å². The minimum absolute atomic E-state index is 0.0875. The first-order valence-electron chi connectivity index (χ1n) is 8.20. The predicted molar refractivity (Wildman–Crippen MR) is 94.4 cm³/mol. The number of carbonyl (C=O) groups is 1. The number of amides is 1. The lowest BCUT2D eigenvalue weighted by molar-refractivity contribution is -0.123. The average Bonchev–Trinajstić information content (AvgIpc) is 2.51. The van der Waals surface area contributed by atoms with Crippen LogP contribution in [-0.2, 0) is 14.8 Å². The second kappa shape index (κ2) is 9.64. The van der Waals surface area contributed by atoms with E-state index in [1.54, 1.807) is 12.1 Å². The highest BCUT2D eigenvalue weighted by Gasteiger charge is 2.14. The molecule has 0 heterocycles. The molecule has 0 aliphatic heterocycles. The molecule has 0 saturated carbocycles. The molecule has 0 aromatic heterocycles. The molecule has 136 valence electrons. The zero-order valence-electron chi connectivity index (χ0n) is 14.8. The third-order valence-electron chi connectivity index (χ3n) is 3.23. The summed E-state index contributed by atoms with van der Waals surface area (Å²) in [5, 5.41) is 2.78. The molecule has 6 nitrogen and oxygen atoms in total. The van der Waals surface area contributed by atoms with Crippen molar-refractivity contribution in [3.8, 4) is 5.75 Å². The third kappa shape index (κ3) is 7.79. The van der Waals surface area contributed by atoms with Gasteiger partial charge in [0.2, 0.25) is 10.0 Å². The van der Waals surface area contributed by atoms with Gasteiger partial charge in [0.1, 0.15) is 5.75 Å². The van der Waals surface area contributed by atoms with E-state index in [1.807, 2.05) is 13.8 Å². The Morgan fingerprint density at radius 1 is 1.08 bits per heavy atom. The number of hydrogen-bond acceptors (Lipinski definition) is 4. The second-order valence-electron chi connectivity index (χ2n) is 6.54. The van der Waals surface area contributed by atoms with Gasteiger partial charge < -0.3 is 10.1 Å². The van der Waals surface area contributed by atoms with Crippen molar-refractivity contribution in [2.45, 2.75) is 39.0 Å². The van der Waals surface area contributed by atoms with Crippen LogP contribution in [0.5, 0.6) is 5.75 Å². The summed E-state index contributed by atoms with van der Waals surface area (Å²) < 4.78 is 32.1. The van der Waals surface area contributed by atoms with Gasteiger partial charge in [0, 0.05) is 13.1 Å². The van der Waals surface area contributed by atoms with E-state index in [1.165, 1.54) is 12.1 Å². The van der Waals surface area contributed by atoms with Crippen molar-refractivity contribution in [1.82, 2.24) is 10.0 Å². The number of sulfonamides is 1. The molecule has 0 bridgehead atoms. The van der Waals surface area contributed by atoms with Crippen molar-refractivity contribution in [3.63, 3.8) is 0 Å². The number of benzene rings is 1. The van der Waals surface area contributed by atoms with E-state index >= 15 is 0 Å². The lowest BCUT2D eigenvalue weighted by Crippen LogP contribution is -2.30. The van der Waals surface area contributed by atoms with Crippen LogP contribution < -0.4 is 14.8 Å². The van der Waals surface area contributed by atoms with Crippen LogP contribution >= 0.6 is 0 Å². The van der Waals surface area contributed by atoms with Crippen LogP contribution in [-0.4, -0.2) is 34.0 Å². The van der Waals surface area contributed by atoms with E-state index in [2.05, 4.69) is 23.9 Å². The van der Waals surface area contributed by atoms with Crippen molar-refractivity contribution in [3.05, 3.63) is 24.3 Å². The summed E-state index contributed by atoms with van der Waals surface area (Å²) in [6, 6.07) is 6.03. The lowest BCUT2D eigenvalue weighted by atomic mass is 10.1. The van der Waals surface area contributed by atoms with Crippen LogP contribution in [0.3, 0.4) is 0 Å². The Bertz CT molecular complexity index is 610. The Balaban J connectivity index is 2.48. The van der Waals surface area contributed by atoms with Crippen LogP contribution in [0.4, 0.5) is 0 Å². The molecule has 0 unspecified atom stereocenters. The molecule has 0 aliphatic rings. The van der Waals surface area contributed by atoms with Crippen LogP contribution in [0.15, 0.2) is 29.2 Å². The van der Waals surface area contributed by atoms with E-state index in [4.69, 9.17) is 4.74 Å². The fraction of sp³-hybridized carbons (Fsp3) is 0.588. The number of ether oxygens (including phenoxy) is 1. The Kier molecular flexibility index (Phi) is 8.21. The zero-order chi connectivity index (χ0) is 18.2. The van der Waals surface area contributed by atoms with Crippen molar-refractivity contribution >= 4 is 15.9 Å². The van der Waals surface area contributed by atoms with Gasteiger partial charge >= 0.3 is 0 Å². The molecule has 0 spiro atoms. The molecule has 1 aromatic carbocycles. The molecule has 24 heavy (non-hydrogen) atoms. The van der Waals surface area contributed by atoms with E-state index in [9.17, 15) is 13.2 Å². The first-order chi connectivity index (χ1) is 11.2. The maximum Gasteiger partial charge on any atom is 0.257 e. The average molecular weight is 356 g/mol. The lowest BCUT2D eigenvalue weighted by Gasteiger charge is -2.10. The number of rotatable bonds is 10. The molecule has 1 aromatic rings. The Labute approximate surface area is 145 Å². The van der Waals surface area contributed by atoms with E-state index in [-0.39, 0.29) is 23.3 Å². The smallest absolute Gasteiger partial charge is 0.257 e. The second-order valence-corrected chi connectivity index (χ2v) is 8.31. The van der Waals surface area contributed by atoms with Crippen LogP contribution in [0.1, 0.15) is 34.1 Å². The highest BCUT2D eigenvalue weighted by Crippen LogP contribution is 2.16. The molecular weight excluding hydrogens is 328 g/mol. The van der Waals surface area contributed by atoms with Gasteiger partial charge in [0.25, 0.3) is 5.91 Å². The minimum Gasteiger partial charge on any atom is -0.484 e. The highest BCUT2D eigenvalue weighted by molar-refractivity contribution is 7.89. The van der Waals surface area contributed by atoms with Gasteiger partial charge in [-0.05, 0) is 42.5 Å². The number of carbonyl (C=O) groups excluding carboxylic acids is 1. The summed E-state index contributed by atoms with van der Waals surface area (Å²) in [4.78, 5) is 11.8. The largest absolute Gasteiger partial charge is 0.484 e. The molecule has 7 heteroatoms. The molecule has 0 aliphatic carbocycles. The molecule has 0 atom stereocenters. The first kappa shape index (κ1) is 20.4. The monoisotopic (exact) mass is 356 g/mol. The van der Waals surface area contributed by atoms with E-state index in [0.717, 1.165) is 6.42 Å².